The Morgan fingerprint density at radius 1 is 1.33 bits per heavy atom. The quantitative estimate of drug-likeness (QED) is 0.243. The van der Waals surface area contributed by atoms with Crippen LogP contribution in [0.5, 0.6) is 11.5 Å². The zero-order chi connectivity index (χ0) is 21.5. The highest BCUT2D eigenvalue weighted by atomic mass is 32.1. The number of hydrogen-bond donors (Lipinski definition) is 1. The van der Waals surface area contributed by atoms with Gasteiger partial charge in [-0.05, 0) is 37.8 Å². The average molecular weight is 447 g/mol. The predicted octanol–water partition coefficient (Wildman–Crippen LogP) is 5.72. The monoisotopic (exact) mass is 446 g/mol. The van der Waals surface area contributed by atoms with Crippen LogP contribution in [0.15, 0.2) is 34.7 Å². The van der Waals surface area contributed by atoms with E-state index in [4.69, 9.17) is 9.47 Å². The third-order valence-electron chi connectivity index (χ3n) is 3.93. The van der Waals surface area contributed by atoms with E-state index in [1.807, 2.05) is 38.3 Å². The van der Waals surface area contributed by atoms with Crippen molar-refractivity contribution < 1.29 is 14.4 Å². The highest BCUT2D eigenvalue weighted by Gasteiger charge is 2.22. The number of aryl methyl sites for hydroxylation is 1. The molecular formula is C20H22N4O4S2. The van der Waals surface area contributed by atoms with Crippen molar-refractivity contribution in [3.63, 3.8) is 0 Å². The number of ether oxygens (including phenoxy) is 2. The SMILES string of the molecule is CCCOc1c(OCC)cc(/C=N\Nc2nc(-c3cccs3)c(C)s2)cc1[N+](=O)[O-]. The van der Waals surface area contributed by atoms with Gasteiger partial charge in [0.25, 0.3) is 0 Å². The molecule has 8 nitrogen and oxygen atoms in total. The number of hydrogen-bond acceptors (Lipinski definition) is 9. The van der Waals surface area contributed by atoms with E-state index in [0.717, 1.165) is 21.9 Å². The molecule has 0 amide bonds. The Balaban J connectivity index is 1.82. The molecule has 3 rings (SSSR count). The lowest BCUT2D eigenvalue weighted by Crippen LogP contribution is -2.04. The first kappa shape index (κ1) is 21.7. The fraction of sp³-hybridized carbons (Fsp3) is 0.300. The summed E-state index contributed by atoms with van der Waals surface area (Å²) in [5.41, 5.74) is 4.20. The number of aromatic nitrogens is 1. The molecule has 0 saturated heterocycles. The molecule has 0 aliphatic rings. The van der Waals surface area contributed by atoms with Gasteiger partial charge in [0.1, 0.15) is 0 Å². The maximum atomic E-state index is 11.5. The van der Waals surface area contributed by atoms with Gasteiger partial charge in [0.05, 0.1) is 34.9 Å². The molecule has 0 aliphatic heterocycles. The van der Waals surface area contributed by atoms with E-state index in [1.54, 1.807) is 17.4 Å². The predicted molar refractivity (Wildman–Crippen MR) is 121 cm³/mol. The lowest BCUT2D eigenvalue weighted by atomic mass is 10.2. The lowest BCUT2D eigenvalue weighted by molar-refractivity contribution is -0.386. The summed E-state index contributed by atoms with van der Waals surface area (Å²) in [4.78, 5) is 17.8. The number of hydrazone groups is 1. The number of rotatable bonds is 10. The van der Waals surface area contributed by atoms with Crippen molar-refractivity contribution in [2.45, 2.75) is 27.2 Å². The highest BCUT2D eigenvalue weighted by molar-refractivity contribution is 7.17. The second kappa shape index (κ2) is 10.2. The zero-order valence-corrected chi connectivity index (χ0v) is 18.5. The summed E-state index contributed by atoms with van der Waals surface area (Å²) >= 11 is 3.13. The van der Waals surface area contributed by atoms with Crippen molar-refractivity contribution in [1.82, 2.24) is 4.98 Å². The number of nitrogens with one attached hydrogen (secondary N) is 1. The topological polar surface area (TPSA) is 98.9 Å². The minimum absolute atomic E-state index is 0.143. The van der Waals surface area contributed by atoms with E-state index in [9.17, 15) is 10.1 Å². The minimum atomic E-state index is -0.476. The van der Waals surface area contributed by atoms with Gasteiger partial charge in [0.2, 0.25) is 10.9 Å². The van der Waals surface area contributed by atoms with E-state index >= 15 is 0 Å². The molecule has 1 N–H and O–H groups in total. The van der Waals surface area contributed by atoms with Crippen molar-refractivity contribution >= 4 is 39.7 Å². The maximum absolute atomic E-state index is 11.5. The summed E-state index contributed by atoms with van der Waals surface area (Å²) in [6, 6.07) is 7.11. The molecule has 0 bridgehead atoms. The molecular weight excluding hydrogens is 424 g/mol. The summed E-state index contributed by atoms with van der Waals surface area (Å²) < 4.78 is 11.1. The first-order valence-corrected chi connectivity index (χ1v) is 11.1. The minimum Gasteiger partial charge on any atom is -0.490 e. The Hall–Kier alpha value is -2.98. The van der Waals surface area contributed by atoms with Gasteiger partial charge in [-0.15, -0.1) is 22.7 Å². The van der Waals surface area contributed by atoms with Gasteiger partial charge in [0, 0.05) is 16.5 Å². The number of nitro groups is 1. The summed E-state index contributed by atoms with van der Waals surface area (Å²) in [7, 11) is 0. The van der Waals surface area contributed by atoms with E-state index in [-0.39, 0.29) is 11.4 Å². The molecule has 2 aromatic heterocycles. The van der Waals surface area contributed by atoms with E-state index in [2.05, 4.69) is 15.5 Å². The van der Waals surface area contributed by atoms with Crippen LogP contribution in [-0.4, -0.2) is 29.3 Å². The largest absolute Gasteiger partial charge is 0.490 e. The van der Waals surface area contributed by atoms with Gasteiger partial charge >= 0.3 is 5.69 Å². The number of anilines is 1. The number of benzene rings is 1. The zero-order valence-electron chi connectivity index (χ0n) is 16.9. The molecule has 2 heterocycles. The van der Waals surface area contributed by atoms with Gasteiger partial charge in [-0.3, -0.25) is 15.5 Å². The smallest absolute Gasteiger partial charge is 0.315 e. The first-order chi connectivity index (χ1) is 14.5. The Labute approximate surface area is 182 Å². The van der Waals surface area contributed by atoms with Crippen LogP contribution in [0, 0.1) is 17.0 Å². The van der Waals surface area contributed by atoms with E-state index in [1.165, 1.54) is 23.6 Å². The summed E-state index contributed by atoms with van der Waals surface area (Å²) in [6.07, 6.45) is 2.23. The third kappa shape index (κ3) is 5.14. The molecule has 0 radical (unpaired) electrons. The summed E-state index contributed by atoms with van der Waals surface area (Å²) in [5.74, 6) is 0.469. The Bertz CT molecular complexity index is 1030. The first-order valence-electron chi connectivity index (χ1n) is 9.41. The summed E-state index contributed by atoms with van der Waals surface area (Å²) in [6.45, 7) is 6.49. The van der Waals surface area contributed by atoms with Crippen molar-refractivity contribution in [2.75, 3.05) is 18.6 Å². The second-order valence-corrected chi connectivity index (χ2v) is 8.33. The van der Waals surface area contributed by atoms with Gasteiger partial charge in [-0.2, -0.15) is 5.10 Å². The maximum Gasteiger partial charge on any atom is 0.315 e. The highest BCUT2D eigenvalue weighted by Crippen LogP contribution is 2.38. The van der Waals surface area contributed by atoms with Crippen LogP contribution in [-0.2, 0) is 0 Å². The second-order valence-electron chi connectivity index (χ2n) is 6.18. The fourth-order valence-corrected chi connectivity index (χ4v) is 4.29. The van der Waals surface area contributed by atoms with Gasteiger partial charge in [0.15, 0.2) is 5.75 Å². The molecule has 1 aromatic carbocycles. The fourth-order valence-electron chi connectivity index (χ4n) is 2.68. The Kier molecular flexibility index (Phi) is 7.36. The van der Waals surface area contributed by atoms with Crippen molar-refractivity contribution in [2.24, 2.45) is 5.10 Å². The van der Waals surface area contributed by atoms with E-state index in [0.29, 0.717) is 29.7 Å². The molecule has 0 unspecified atom stereocenters. The molecule has 0 atom stereocenters. The number of thiazole rings is 1. The Morgan fingerprint density at radius 3 is 2.83 bits per heavy atom. The van der Waals surface area contributed by atoms with Gasteiger partial charge < -0.3 is 9.47 Å². The van der Waals surface area contributed by atoms with E-state index < -0.39 is 4.92 Å². The number of nitrogens with zero attached hydrogens (tertiary/aromatic N) is 3. The average Bonchev–Trinajstić information content (AvgIpc) is 3.36. The van der Waals surface area contributed by atoms with Crippen LogP contribution in [0.3, 0.4) is 0 Å². The summed E-state index contributed by atoms with van der Waals surface area (Å²) in [5, 5.41) is 18.4. The molecule has 0 spiro atoms. The normalized spacial score (nSPS) is 11.0. The Morgan fingerprint density at radius 2 is 2.17 bits per heavy atom. The molecule has 158 valence electrons. The van der Waals surface area contributed by atoms with Crippen molar-refractivity contribution in [1.29, 1.82) is 0 Å². The molecule has 3 aromatic rings. The van der Waals surface area contributed by atoms with Crippen LogP contribution in [0.4, 0.5) is 10.8 Å². The molecule has 10 heteroatoms. The molecule has 30 heavy (non-hydrogen) atoms. The van der Waals surface area contributed by atoms with Crippen LogP contribution >= 0.6 is 22.7 Å². The van der Waals surface area contributed by atoms with Crippen LogP contribution in [0.1, 0.15) is 30.7 Å². The molecule has 0 aliphatic carbocycles. The van der Waals surface area contributed by atoms with Crippen LogP contribution < -0.4 is 14.9 Å². The lowest BCUT2D eigenvalue weighted by Gasteiger charge is -2.12. The van der Waals surface area contributed by atoms with Gasteiger partial charge in [-0.25, -0.2) is 4.98 Å². The van der Waals surface area contributed by atoms with Gasteiger partial charge in [-0.1, -0.05) is 13.0 Å². The standard InChI is InChI=1S/C20H22N4O4S2/c1-4-8-28-19-15(24(25)26)10-14(11-16(19)27-5-2)12-21-23-20-22-18(13(3)30-20)17-7-6-9-29-17/h6-7,9-12H,4-5,8H2,1-3H3,(H,22,23)/b21-12-. The van der Waals surface area contributed by atoms with Crippen LogP contribution in [0.25, 0.3) is 10.6 Å². The number of nitro benzene ring substituents is 1. The molecule has 0 fully saturated rings. The number of thiophene rings is 1. The van der Waals surface area contributed by atoms with Crippen molar-refractivity contribution in [3.05, 3.63) is 50.2 Å². The van der Waals surface area contributed by atoms with Crippen LogP contribution in [0.2, 0.25) is 0 Å². The third-order valence-corrected chi connectivity index (χ3v) is 5.68. The molecule has 0 saturated carbocycles. The van der Waals surface area contributed by atoms with Crippen molar-refractivity contribution in [3.8, 4) is 22.1 Å².